The van der Waals surface area contributed by atoms with E-state index in [0.717, 1.165) is 25.2 Å². The molecule has 0 spiro atoms. The minimum atomic E-state index is -0.373. The van der Waals surface area contributed by atoms with Gasteiger partial charge < -0.3 is 14.7 Å². The Labute approximate surface area is 116 Å². The molecule has 0 bridgehead atoms. The van der Waals surface area contributed by atoms with Crippen LogP contribution < -0.4 is 0 Å². The highest BCUT2D eigenvalue weighted by atomic mass is 16.5. The van der Waals surface area contributed by atoms with E-state index in [-0.39, 0.29) is 6.10 Å². The summed E-state index contributed by atoms with van der Waals surface area (Å²) in [7, 11) is 0. The highest BCUT2D eigenvalue weighted by Crippen LogP contribution is 2.10. The molecular formula is C16H25NO2. The summed E-state index contributed by atoms with van der Waals surface area (Å²) < 4.78 is 5.58. The number of nitrogens with zero attached hydrogens (tertiary/aromatic N) is 1. The molecule has 1 N–H and O–H groups in total. The van der Waals surface area contributed by atoms with Gasteiger partial charge in [-0.25, -0.2) is 0 Å². The van der Waals surface area contributed by atoms with E-state index in [1.807, 2.05) is 30.3 Å². The lowest BCUT2D eigenvalue weighted by Crippen LogP contribution is -2.35. The maximum absolute atomic E-state index is 10.0. The van der Waals surface area contributed by atoms with Gasteiger partial charge in [-0.05, 0) is 31.5 Å². The lowest BCUT2D eigenvalue weighted by atomic mass is 10.2. The van der Waals surface area contributed by atoms with E-state index in [9.17, 15) is 5.11 Å². The van der Waals surface area contributed by atoms with Crippen molar-refractivity contribution >= 4 is 0 Å². The molecule has 19 heavy (non-hydrogen) atoms. The Morgan fingerprint density at radius 2 is 1.74 bits per heavy atom. The third-order valence-corrected chi connectivity index (χ3v) is 3.59. The molecule has 0 amide bonds. The quantitative estimate of drug-likeness (QED) is 0.855. The van der Waals surface area contributed by atoms with Crippen molar-refractivity contribution in [2.75, 3.05) is 26.2 Å². The fourth-order valence-electron chi connectivity index (χ4n) is 2.56. The van der Waals surface area contributed by atoms with Crippen LogP contribution in [0.3, 0.4) is 0 Å². The fraction of sp³-hybridized carbons (Fsp3) is 0.625. The first-order valence-corrected chi connectivity index (χ1v) is 7.36. The second-order valence-electron chi connectivity index (χ2n) is 5.37. The number of aliphatic hydroxyl groups excluding tert-OH is 1. The van der Waals surface area contributed by atoms with Crippen molar-refractivity contribution in [3.8, 4) is 0 Å². The number of rotatable bonds is 6. The minimum absolute atomic E-state index is 0.373. The van der Waals surface area contributed by atoms with Crippen molar-refractivity contribution in [1.82, 2.24) is 4.90 Å². The van der Waals surface area contributed by atoms with Crippen LogP contribution in [0.2, 0.25) is 0 Å². The van der Waals surface area contributed by atoms with Crippen LogP contribution in [-0.4, -0.2) is 42.4 Å². The van der Waals surface area contributed by atoms with Gasteiger partial charge in [0.2, 0.25) is 0 Å². The second-order valence-corrected chi connectivity index (χ2v) is 5.37. The van der Waals surface area contributed by atoms with Crippen molar-refractivity contribution in [3.63, 3.8) is 0 Å². The normalized spacial score (nSPS) is 19.0. The first kappa shape index (κ1) is 14.5. The van der Waals surface area contributed by atoms with E-state index in [4.69, 9.17) is 4.74 Å². The van der Waals surface area contributed by atoms with Crippen molar-refractivity contribution in [3.05, 3.63) is 35.9 Å². The van der Waals surface area contributed by atoms with Gasteiger partial charge in [-0.15, -0.1) is 0 Å². The van der Waals surface area contributed by atoms with E-state index in [1.165, 1.54) is 25.7 Å². The Hall–Kier alpha value is -0.900. The van der Waals surface area contributed by atoms with Crippen LogP contribution in [0.25, 0.3) is 0 Å². The number of hydrogen-bond donors (Lipinski definition) is 1. The number of aliphatic hydroxyl groups is 1. The van der Waals surface area contributed by atoms with Crippen LogP contribution in [-0.2, 0) is 11.3 Å². The molecule has 1 heterocycles. The van der Waals surface area contributed by atoms with Crippen LogP contribution >= 0.6 is 0 Å². The van der Waals surface area contributed by atoms with E-state index in [2.05, 4.69) is 4.90 Å². The highest BCUT2D eigenvalue weighted by molar-refractivity contribution is 5.13. The monoisotopic (exact) mass is 263 g/mol. The van der Waals surface area contributed by atoms with Crippen molar-refractivity contribution in [2.24, 2.45) is 0 Å². The molecule has 1 fully saturated rings. The Morgan fingerprint density at radius 1 is 1.05 bits per heavy atom. The van der Waals surface area contributed by atoms with Crippen LogP contribution in [0, 0.1) is 0 Å². The van der Waals surface area contributed by atoms with Gasteiger partial charge in [0.15, 0.2) is 0 Å². The third-order valence-electron chi connectivity index (χ3n) is 3.59. The van der Waals surface area contributed by atoms with Gasteiger partial charge in [-0.1, -0.05) is 43.2 Å². The molecule has 3 heteroatoms. The zero-order chi connectivity index (χ0) is 13.3. The third kappa shape index (κ3) is 5.72. The summed E-state index contributed by atoms with van der Waals surface area (Å²) in [6.45, 7) is 3.99. The molecule has 1 aromatic carbocycles. The maximum Gasteiger partial charge on any atom is 0.0900 e. The van der Waals surface area contributed by atoms with Gasteiger partial charge >= 0.3 is 0 Å². The molecule has 1 unspecified atom stereocenters. The van der Waals surface area contributed by atoms with E-state index in [0.29, 0.717) is 13.2 Å². The average Bonchev–Trinajstić information content (AvgIpc) is 2.68. The number of β-amino-alcohol motifs (C(OH)–C–C–N with tert-alkyl or cyclic N) is 1. The molecule has 1 atom stereocenters. The predicted octanol–water partition coefficient (Wildman–Crippen LogP) is 2.44. The molecule has 0 radical (unpaired) electrons. The summed E-state index contributed by atoms with van der Waals surface area (Å²) in [6.07, 6.45) is 4.81. The number of hydrogen-bond acceptors (Lipinski definition) is 3. The summed E-state index contributed by atoms with van der Waals surface area (Å²) in [5.41, 5.74) is 1.16. The lowest BCUT2D eigenvalue weighted by Gasteiger charge is -2.23. The first-order chi connectivity index (χ1) is 9.34. The lowest BCUT2D eigenvalue weighted by molar-refractivity contribution is 0.0104. The predicted molar refractivity (Wildman–Crippen MR) is 77.0 cm³/mol. The van der Waals surface area contributed by atoms with Gasteiger partial charge in [0.25, 0.3) is 0 Å². The Bertz CT molecular complexity index is 334. The molecule has 1 aliphatic heterocycles. The summed E-state index contributed by atoms with van der Waals surface area (Å²) >= 11 is 0. The first-order valence-electron chi connectivity index (χ1n) is 7.36. The summed E-state index contributed by atoms with van der Waals surface area (Å²) in [5, 5.41) is 10.0. The Balaban J connectivity index is 1.62. The van der Waals surface area contributed by atoms with Crippen LogP contribution in [0.1, 0.15) is 31.2 Å². The second kappa shape index (κ2) is 8.31. The topological polar surface area (TPSA) is 32.7 Å². The summed E-state index contributed by atoms with van der Waals surface area (Å²) in [4.78, 5) is 2.36. The van der Waals surface area contributed by atoms with Gasteiger partial charge in [-0.3, -0.25) is 0 Å². The standard InChI is InChI=1S/C16H25NO2/c18-16(12-17-10-6-1-2-7-11-17)14-19-13-15-8-4-3-5-9-15/h3-5,8-9,16,18H,1-2,6-7,10-14H2. The molecule has 1 aromatic rings. The molecule has 106 valence electrons. The van der Waals surface area contributed by atoms with Crippen LogP contribution in [0.5, 0.6) is 0 Å². The molecular weight excluding hydrogens is 238 g/mol. The smallest absolute Gasteiger partial charge is 0.0900 e. The molecule has 1 saturated heterocycles. The Kier molecular flexibility index (Phi) is 6.34. The van der Waals surface area contributed by atoms with Crippen molar-refractivity contribution < 1.29 is 9.84 Å². The fourth-order valence-corrected chi connectivity index (χ4v) is 2.56. The van der Waals surface area contributed by atoms with Crippen molar-refractivity contribution in [1.29, 1.82) is 0 Å². The van der Waals surface area contributed by atoms with E-state index >= 15 is 0 Å². The summed E-state index contributed by atoms with van der Waals surface area (Å²) in [6, 6.07) is 10.1. The molecule has 3 nitrogen and oxygen atoms in total. The maximum atomic E-state index is 10.0. The van der Waals surface area contributed by atoms with Gasteiger partial charge in [0, 0.05) is 6.54 Å². The van der Waals surface area contributed by atoms with Crippen molar-refractivity contribution in [2.45, 2.75) is 38.4 Å². The van der Waals surface area contributed by atoms with E-state index < -0.39 is 0 Å². The Morgan fingerprint density at radius 3 is 2.42 bits per heavy atom. The molecule has 0 aliphatic carbocycles. The van der Waals surface area contributed by atoms with Crippen LogP contribution in [0.4, 0.5) is 0 Å². The minimum Gasteiger partial charge on any atom is -0.389 e. The highest BCUT2D eigenvalue weighted by Gasteiger charge is 2.13. The number of ether oxygens (including phenoxy) is 1. The van der Waals surface area contributed by atoms with Crippen LogP contribution in [0.15, 0.2) is 30.3 Å². The summed E-state index contributed by atoms with van der Waals surface area (Å²) in [5.74, 6) is 0. The number of likely N-dealkylation sites (tertiary alicyclic amines) is 1. The molecule has 0 aromatic heterocycles. The largest absolute Gasteiger partial charge is 0.389 e. The van der Waals surface area contributed by atoms with Gasteiger partial charge in [-0.2, -0.15) is 0 Å². The molecule has 2 rings (SSSR count). The zero-order valence-electron chi connectivity index (χ0n) is 11.6. The zero-order valence-corrected chi connectivity index (χ0v) is 11.6. The van der Waals surface area contributed by atoms with Gasteiger partial charge in [0.05, 0.1) is 19.3 Å². The SMILES string of the molecule is OC(COCc1ccccc1)CN1CCCCCC1. The molecule has 0 saturated carbocycles. The van der Waals surface area contributed by atoms with Gasteiger partial charge in [0.1, 0.15) is 0 Å². The molecule has 1 aliphatic rings. The van der Waals surface area contributed by atoms with E-state index in [1.54, 1.807) is 0 Å². The number of benzene rings is 1. The average molecular weight is 263 g/mol.